The fraction of sp³-hybridized carbons (Fsp3) is 0.270. The summed E-state index contributed by atoms with van der Waals surface area (Å²) in [7, 11) is 1.62. The predicted molar refractivity (Wildman–Crippen MR) is 190 cm³/mol. The van der Waals surface area contributed by atoms with Crippen molar-refractivity contribution in [3.8, 4) is 47.0 Å². The third-order valence-corrected chi connectivity index (χ3v) is 6.94. The third-order valence-electron chi connectivity index (χ3n) is 6.94. The van der Waals surface area contributed by atoms with E-state index in [-0.39, 0.29) is 35.9 Å². The number of nitrogen functional groups attached to an aromatic ring is 1. The highest BCUT2D eigenvalue weighted by Gasteiger charge is 2.23. The van der Waals surface area contributed by atoms with Crippen LogP contribution in [0.5, 0.6) is 17.2 Å². The minimum absolute atomic E-state index is 0.0836. The smallest absolute Gasteiger partial charge is 0.207 e. The van der Waals surface area contributed by atoms with E-state index in [1.54, 1.807) is 45.2 Å². The zero-order valence-electron chi connectivity index (χ0n) is 28.6. The van der Waals surface area contributed by atoms with E-state index in [2.05, 4.69) is 39.4 Å². The summed E-state index contributed by atoms with van der Waals surface area (Å²) in [6.45, 7) is 8.86. The number of phenolic OH excluding ortho intramolecular Hbond substituents is 1. The fourth-order valence-corrected chi connectivity index (χ4v) is 4.74. The van der Waals surface area contributed by atoms with Gasteiger partial charge in [0.05, 0.1) is 25.1 Å². The molecule has 4 aromatic rings. The molecule has 13 heteroatoms. The zero-order valence-corrected chi connectivity index (χ0v) is 28.6. The molecule has 0 bridgehead atoms. The molecule has 4 rings (SSSR count). The molecule has 1 atom stereocenters. The number of aliphatic imine (C=N–C) groups is 1. The Morgan fingerprint density at radius 3 is 2.50 bits per heavy atom. The average molecular weight is 686 g/mol. The van der Waals surface area contributed by atoms with E-state index in [4.69, 9.17) is 15.2 Å². The van der Waals surface area contributed by atoms with Gasteiger partial charge in [-0.3, -0.25) is 9.79 Å². The SMILES string of the molecule is C#CN.CCCN=Cc1cc(C)cc(OC)c1N.CCOc1c(C)cc(C(CNC=O)c2ccnc(C#N)c2)nc1-c1cc(O)c(F)cc1F. The Morgan fingerprint density at radius 2 is 1.88 bits per heavy atom. The van der Waals surface area contributed by atoms with Gasteiger partial charge in [-0.1, -0.05) is 13.3 Å². The quantitative estimate of drug-likeness (QED) is 0.0490. The van der Waals surface area contributed by atoms with E-state index in [0.717, 1.165) is 30.2 Å². The maximum Gasteiger partial charge on any atom is 0.207 e. The number of aryl methyl sites for hydroxylation is 2. The van der Waals surface area contributed by atoms with Crippen molar-refractivity contribution >= 4 is 18.3 Å². The van der Waals surface area contributed by atoms with Crippen LogP contribution >= 0.6 is 0 Å². The zero-order chi connectivity index (χ0) is 37.2. The maximum atomic E-state index is 14.7. The fourth-order valence-electron chi connectivity index (χ4n) is 4.74. The standard InChI is InChI=1S/C23H20F2N4O3.C12H18N2O.C2H3N/c1-3-32-23-13(2)6-20(29-22(23)16-8-21(31)19(25)9-18(16)24)17(11-27-12-30)14-4-5-28-15(7-14)10-26;1-4-5-14-8-10-6-9(2)7-11(15-3)12(10)13;1-2-3/h4-9,12,17,31H,3,11H2,1-2H3,(H,27,30);6-8H,4-5,13H2,1-3H3;1H,3H2. The molecule has 50 heavy (non-hydrogen) atoms. The number of phenols is 1. The third kappa shape index (κ3) is 10.9. The number of aromatic hydroxyl groups is 1. The number of ether oxygens (including phenoxy) is 2. The number of terminal acetylenes is 1. The summed E-state index contributed by atoms with van der Waals surface area (Å²) >= 11 is 0. The number of nitrogens with one attached hydrogen (secondary N) is 1. The van der Waals surface area contributed by atoms with Crippen LogP contribution in [0.4, 0.5) is 14.5 Å². The Morgan fingerprint density at radius 1 is 1.16 bits per heavy atom. The van der Waals surface area contributed by atoms with E-state index >= 15 is 0 Å². The molecule has 262 valence electrons. The first kappa shape index (κ1) is 40.0. The molecular formula is C37H41F2N7O4. The van der Waals surface area contributed by atoms with Crippen LogP contribution in [0.25, 0.3) is 11.3 Å². The molecule has 2 heterocycles. The summed E-state index contributed by atoms with van der Waals surface area (Å²) < 4.78 is 39.2. The molecule has 2 aromatic carbocycles. The highest BCUT2D eigenvalue weighted by atomic mass is 19.1. The summed E-state index contributed by atoms with van der Waals surface area (Å²) in [5, 5.41) is 21.6. The Bertz CT molecular complexity index is 1870. The number of rotatable bonds is 12. The van der Waals surface area contributed by atoms with Gasteiger partial charge in [-0.05, 0) is 86.3 Å². The van der Waals surface area contributed by atoms with Crippen LogP contribution in [0, 0.1) is 49.3 Å². The van der Waals surface area contributed by atoms with Crippen LogP contribution in [-0.4, -0.2) is 54.5 Å². The minimum Gasteiger partial charge on any atom is -0.505 e. The van der Waals surface area contributed by atoms with Gasteiger partial charge in [0, 0.05) is 48.6 Å². The molecule has 2 aromatic heterocycles. The van der Waals surface area contributed by atoms with Gasteiger partial charge in [-0.15, -0.1) is 0 Å². The number of pyridine rings is 2. The van der Waals surface area contributed by atoms with Crippen molar-refractivity contribution < 1.29 is 28.2 Å². The molecule has 11 nitrogen and oxygen atoms in total. The van der Waals surface area contributed by atoms with Crippen molar-refractivity contribution in [3.05, 3.63) is 93.9 Å². The highest BCUT2D eigenvalue weighted by molar-refractivity contribution is 5.89. The number of aromatic nitrogens is 2. The van der Waals surface area contributed by atoms with Gasteiger partial charge < -0.3 is 31.4 Å². The van der Waals surface area contributed by atoms with Gasteiger partial charge in [0.2, 0.25) is 6.41 Å². The van der Waals surface area contributed by atoms with Gasteiger partial charge in [0.1, 0.15) is 34.8 Å². The number of anilines is 1. The number of nitriles is 1. The lowest BCUT2D eigenvalue weighted by Gasteiger charge is -2.21. The van der Waals surface area contributed by atoms with Crippen molar-refractivity contribution in [1.82, 2.24) is 15.3 Å². The Labute approximate surface area is 291 Å². The molecule has 0 aliphatic carbocycles. The van der Waals surface area contributed by atoms with Crippen molar-refractivity contribution in [2.75, 3.05) is 32.5 Å². The topological polar surface area (TPSA) is 182 Å². The first-order chi connectivity index (χ1) is 24.0. The van der Waals surface area contributed by atoms with Gasteiger partial charge in [0.15, 0.2) is 11.6 Å². The number of amides is 1. The molecule has 6 N–H and O–H groups in total. The van der Waals surface area contributed by atoms with E-state index in [0.29, 0.717) is 40.7 Å². The van der Waals surface area contributed by atoms with Crippen LogP contribution in [-0.2, 0) is 4.79 Å². The number of hydrogen-bond donors (Lipinski definition) is 4. The predicted octanol–water partition coefficient (Wildman–Crippen LogP) is 5.53. The van der Waals surface area contributed by atoms with E-state index in [1.807, 2.05) is 31.3 Å². The number of hydrogen-bond acceptors (Lipinski definition) is 10. The normalized spacial score (nSPS) is 10.7. The van der Waals surface area contributed by atoms with Crippen LogP contribution in [0.2, 0.25) is 0 Å². The second kappa shape index (κ2) is 20.2. The first-order valence-electron chi connectivity index (χ1n) is 15.5. The lowest BCUT2D eigenvalue weighted by atomic mass is 9.93. The summed E-state index contributed by atoms with van der Waals surface area (Å²) in [6, 6.07) is 14.2. The van der Waals surface area contributed by atoms with Gasteiger partial charge in [-0.2, -0.15) is 5.26 Å². The lowest BCUT2D eigenvalue weighted by Crippen LogP contribution is -2.22. The highest BCUT2D eigenvalue weighted by Crippen LogP contribution is 2.38. The van der Waals surface area contributed by atoms with Crippen LogP contribution in [0.3, 0.4) is 0 Å². The number of carbonyl (C=O) groups is 1. The van der Waals surface area contributed by atoms with E-state index in [9.17, 15) is 23.9 Å². The van der Waals surface area contributed by atoms with Crippen molar-refractivity contribution in [2.45, 2.75) is 40.0 Å². The number of halogens is 2. The number of methoxy groups -OCH3 is 1. The second-order valence-electron chi connectivity index (χ2n) is 10.6. The Hall–Kier alpha value is -6.21. The summed E-state index contributed by atoms with van der Waals surface area (Å²) in [4.78, 5) is 23.8. The van der Waals surface area contributed by atoms with Gasteiger partial charge in [-0.25, -0.2) is 18.7 Å². The molecule has 0 spiro atoms. The first-order valence-corrected chi connectivity index (χ1v) is 15.5. The molecule has 1 unspecified atom stereocenters. The van der Waals surface area contributed by atoms with Crippen molar-refractivity contribution in [1.29, 1.82) is 5.26 Å². The van der Waals surface area contributed by atoms with Crippen LogP contribution in [0.15, 0.2) is 53.7 Å². The second-order valence-corrected chi connectivity index (χ2v) is 10.6. The molecule has 0 aliphatic rings. The molecule has 0 aliphatic heterocycles. The Kier molecular flexibility index (Phi) is 16.2. The molecule has 0 radical (unpaired) electrons. The number of nitrogens with two attached hydrogens (primary N) is 2. The molecule has 0 saturated heterocycles. The summed E-state index contributed by atoms with van der Waals surface area (Å²) in [6.07, 6.45) is 9.24. The molecular weight excluding hydrogens is 644 g/mol. The maximum absolute atomic E-state index is 14.7. The van der Waals surface area contributed by atoms with Crippen LogP contribution in [0.1, 0.15) is 59.8 Å². The van der Waals surface area contributed by atoms with E-state index < -0.39 is 23.3 Å². The molecule has 0 saturated carbocycles. The average Bonchev–Trinajstić information content (AvgIpc) is 3.10. The van der Waals surface area contributed by atoms with E-state index in [1.165, 1.54) is 6.20 Å². The summed E-state index contributed by atoms with van der Waals surface area (Å²) in [5.41, 5.74) is 14.9. The lowest BCUT2D eigenvalue weighted by molar-refractivity contribution is -0.109. The van der Waals surface area contributed by atoms with Gasteiger partial charge in [0.25, 0.3) is 0 Å². The van der Waals surface area contributed by atoms with Gasteiger partial charge >= 0.3 is 0 Å². The van der Waals surface area contributed by atoms with Crippen molar-refractivity contribution in [2.24, 2.45) is 10.7 Å². The number of carbonyl (C=O) groups excluding carboxylic acids is 1. The summed E-state index contributed by atoms with van der Waals surface area (Å²) in [5.74, 6) is -2.22. The number of nitrogens with zero attached hydrogens (tertiary/aromatic N) is 4. The molecule has 1 amide bonds. The molecule has 0 fully saturated rings. The van der Waals surface area contributed by atoms with Crippen LogP contribution < -0.4 is 26.3 Å². The van der Waals surface area contributed by atoms with Crippen molar-refractivity contribution in [3.63, 3.8) is 0 Å². The number of benzene rings is 2. The Balaban J connectivity index is 0.000000401. The largest absolute Gasteiger partial charge is 0.505 e. The monoisotopic (exact) mass is 685 g/mol. The minimum atomic E-state index is -1.09.